The molecule has 2 nitrogen and oxygen atoms in total. The smallest absolute Gasteiger partial charge is 0.0458 e. The fourth-order valence-electron chi connectivity index (χ4n) is 3.32. The molecule has 0 saturated heterocycles. The molecule has 0 bridgehead atoms. The van der Waals surface area contributed by atoms with Gasteiger partial charge >= 0.3 is 0 Å². The van der Waals surface area contributed by atoms with Gasteiger partial charge in [-0.1, -0.05) is 28.1 Å². The lowest BCUT2D eigenvalue weighted by atomic mass is 9.93. The summed E-state index contributed by atoms with van der Waals surface area (Å²) in [5, 5.41) is 2.52. The first-order chi connectivity index (χ1) is 10.2. The van der Waals surface area contributed by atoms with Crippen molar-refractivity contribution in [2.45, 2.75) is 25.3 Å². The average molecular weight is 341 g/mol. The lowest BCUT2D eigenvalue weighted by Gasteiger charge is -2.21. The summed E-state index contributed by atoms with van der Waals surface area (Å²) in [4.78, 5) is 0. The molecule has 21 heavy (non-hydrogen) atoms. The zero-order valence-electron chi connectivity index (χ0n) is 11.7. The number of hydrogen-bond donors (Lipinski definition) is 1. The Morgan fingerprint density at radius 2 is 1.86 bits per heavy atom. The molecule has 2 aromatic carbocycles. The number of hydrogen-bond acceptors (Lipinski definition) is 1. The molecule has 1 heterocycles. The quantitative estimate of drug-likeness (QED) is 0.682. The van der Waals surface area contributed by atoms with Crippen LogP contribution in [0.15, 0.2) is 53.1 Å². The molecule has 0 amide bonds. The number of halogens is 1. The number of nitrogens with zero attached hydrogens (tertiary/aromatic N) is 1. The van der Waals surface area contributed by atoms with E-state index < -0.39 is 0 Å². The van der Waals surface area contributed by atoms with E-state index in [0.29, 0.717) is 0 Å². The molecular weight excluding hydrogens is 324 g/mol. The molecule has 0 aliphatic heterocycles. The van der Waals surface area contributed by atoms with Gasteiger partial charge in [0.05, 0.1) is 0 Å². The van der Waals surface area contributed by atoms with Crippen molar-refractivity contribution in [1.82, 2.24) is 4.57 Å². The van der Waals surface area contributed by atoms with Crippen LogP contribution < -0.4 is 5.73 Å². The highest BCUT2D eigenvalue weighted by molar-refractivity contribution is 9.10. The van der Waals surface area contributed by atoms with Gasteiger partial charge in [-0.15, -0.1) is 0 Å². The number of fused-ring (bicyclic) bond motifs is 2. The molecule has 3 heteroatoms. The van der Waals surface area contributed by atoms with Crippen molar-refractivity contribution < 1.29 is 0 Å². The largest absolute Gasteiger partial charge is 0.324 e. The van der Waals surface area contributed by atoms with Crippen molar-refractivity contribution in [1.29, 1.82) is 0 Å². The molecule has 0 radical (unpaired) electrons. The molecule has 4 rings (SSSR count). The fourth-order valence-corrected chi connectivity index (χ4v) is 3.70. The number of aromatic nitrogens is 1. The van der Waals surface area contributed by atoms with E-state index in [2.05, 4.69) is 69.2 Å². The number of nitrogens with two attached hydrogens (primary N) is 1. The van der Waals surface area contributed by atoms with Crippen LogP contribution in [-0.4, -0.2) is 4.57 Å². The second kappa shape index (κ2) is 5.00. The number of rotatable bonds is 1. The summed E-state index contributed by atoms with van der Waals surface area (Å²) in [6, 6.07) is 15.4. The van der Waals surface area contributed by atoms with Crippen LogP contribution in [0.3, 0.4) is 0 Å². The molecule has 1 aliphatic carbocycles. The molecule has 0 saturated carbocycles. The highest BCUT2D eigenvalue weighted by Gasteiger charge is 2.20. The number of benzene rings is 2. The van der Waals surface area contributed by atoms with E-state index in [4.69, 9.17) is 5.73 Å². The Balaban J connectivity index is 1.85. The molecule has 2 N–H and O–H groups in total. The molecule has 3 aromatic rings. The molecular formula is C18H17BrN2. The summed E-state index contributed by atoms with van der Waals surface area (Å²) in [5.41, 5.74) is 10.1. The van der Waals surface area contributed by atoms with Gasteiger partial charge in [-0.25, -0.2) is 0 Å². The van der Waals surface area contributed by atoms with Crippen LogP contribution in [0.1, 0.15) is 30.1 Å². The third-order valence-corrected chi connectivity index (χ3v) is 4.91. The molecule has 0 fully saturated rings. The summed E-state index contributed by atoms with van der Waals surface area (Å²) in [7, 11) is 0. The van der Waals surface area contributed by atoms with Crippen LogP contribution in [0.2, 0.25) is 0 Å². The maximum absolute atomic E-state index is 6.23. The predicted molar refractivity (Wildman–Crippen MR) is 90.8 cm³/mol. The average Bonchev–Trinajstić information content (AvgIpc) is 2.92. The van der Waals surface area contributed by atoms with Gasteiger partial charge in [0.1, 0.15) is 0 Å². The van der Waals surface area contributed by atoms with Gasteiger partial charge in [-0.05, 0) is 65.9 Å². The first-order valence-corrected chi connectivity index (χ1v) is 8.17. The third kappa shape index (κ3) is 2.21. The topological polar surface area (TPSA) is 30.9 Å². The van der Waals surface area contributed by atoms with Gasteiger partial charge in [0.25, 0.3) is 0 Å². The minimum atomic E-state index is 0.200. The lowest BCUT2D eigenvalue weighted by Crippen LogP contribution is -2.17. The van der Waals surface area contributed by atoms with E-state index in [1.807, 2.05) is 0 Å². The van der Waals surface area contributed by atoms with Gasteiger partial charge < -0.3 is 10.3 Å². The first kappa shape index (κ1) is 13.1. The monoisotopic (exact) mass is 340 g/mol. The van der Waals surface area contributed by atoms with Crippen molar-refractivity contribution in [2.24, 2.45) is 5.73 Å². The van der Waals surface area contributed by atoms with E-state index in [-0.39, 0.29) is 6.04 Å². The Labute approximate surface area is 132 Å². The molecule has 1 atom stereocenters. The molecule has 1 aromatic heterocycles. The molecule has 106 valence electrons. The van der Waals surface area contributed by atoms with Gasteiger partial charge in [-0.3, -0.25) is 0 Å². The van der Waals surface area contributed by atoms with Crippen LogP contribution in [0, 0.1) is 0 Å². The van der Waals surface area contributed by atoms with Crippen molar-refractivity contribution >= 4 is 26.7 Å². The summed E-state index contributed by atoms with van der Waals surface area (Å²) in [5.74, 6) is 0. The van der Waals surface area contributed by atoms with Gasteiger partial charge in [-0.2, -0.15) is 0 Å². The van der Waals surface area contributed by atoms with E-state index in [9.17, 15) is 0 Å². The summed E-state index contributed by atoms with van der Waals surface area (Å²) >= 11 is 3.53. The maximum atomic E-state index is 6.23. The zero-order chi connectivity index (χ0) is 14.4. The van der Waals surface area contributed by atoms with Crippen molar-refractivity contribution in [2.75, 3.05) is 0 Å². The maximum Gasteiger partial charge on any atom is 0.0458 e. The Morgan fingerprint density at radius 3 is 2.76 bits per heavy atom. The second-order valence-electron chi connectivity index (χ2n) is 5.76. The Bertz CT molecular complexity index is 819. The Hall–Kier alpha value is -1.58. The molecule has 1 unspecified atom stereocenters. The Morgan fingerprint density at radius 1 is 1.05 bits per heavy atom. The molecule has 0 spiro atoms. The van der Waals surface area contributed by atoms with Gasteiger partial charge in [0.2, 0.25) is 0 Å². The summed E-state index contributed by atoms with van der Waals surface area (Å²) < 4.78 is 3.42. The fraction of sp³-hybridized carbons (Fsp3) is 0.222. The second-order valence-corrected chi connectivity index (χ2v) is 6.68. The van der Waals surface area contributed by atoms with Crippen LogP contribution in [0.25, 0.3) is 16.5 Å². The molecule has 1 aliphatic rings. The van der Waals surface area contributed by atoms with E-state index in [1.54, 1.807) is 0 Å². The Kier molecular flexibility index (Phi) is 3.12. The first-order valence-electron chi connectivity index (χ1n) is 7.38. The minimum absolute atomic E-state index is 0.200. The highest BCUT2D eigenvalue weighted by Crippen LogP contribution is 2.31. The van der Waals surface area contributed by atoms with E-state index >= 15 is 0 Å². The van der Waals surface area contributed by atoms with Crippen LogP contribution in [0.5, 0.6) is 0 Å². The van der Waals surface area contributed by atoms with E-state index in [1.165, 1.54) is 34.1 Å². The standard InChI is InChI=1S/C18H17BrN2/c19-14-6-4-13-11-15(7-5-12(13)10-14)21-9-8-16-17(20)2-1-3-18(16)21/h4-11,17H,1-3,20H2. The van der Waals surface area contributed by atoms with Crippen molar-refractivity contribution in [3.63, 3.8) is 0 Å². The van der Waals surface area contributed by atoms with Crippen LogP contribution in [-0.2, 0) is 6.42 Å². The van der Waals surface area contributed by atoms with Crippen molar-refractivity contribution in [3.05, 3.63) is 64.4 Å². The van der Waals surface area contributed by atoms with Gasteiger partial charge in [0, 0.05) is 28.1 Å². The van der Waals surface area contributed by atoms with Crippen molar-refractivity contribution in [3.8, 4) is 5.69 Å². The minimum Gasteiger partial charge on any atom is -0.324 e. The van der Waals surface area contributed by atoms with Crippen LogP contribution in [0.4, 0.5) is 0 Å². The summed E-state index contributed by atoms with van der Waals surface area (Å²) in [6.45, 7) is 0. The van der Waals surface area contributed by atoms with Crippen LogP contribution >= 0.6 is 15.9 Å². The third-order valence-electron chi connectivity index (χ3n) is 4.42. The normalized spacial score (nSPS) is 17.9. The SMILES string of the molecule is NC1CCCc2c1ccn2-c1ccc2cc(Br)ccc2c1. The lowest BCUT2D eigenvalue weighted by molar-refractivity contribution is 0.560. The zero-order valence-corrected chi connectivity index (χ0v) is 13.3. The van der Waals surface area contributed by atoms with E-state index in [0.717, 1.165) is 17.3 Å². The highest BCUT2D eigenvalue weighted by atomic mass is 79.9. The predicted octanol–water partition coefficient (Wildman–Crippen LogP) is 4.73. The summed E-state index contributed by atoms with van der Waals surface area (Å²) in [6.07, 6.45) is 5.56. The van der Waals surface area contributed by atoms with Gasteiger partial charge in [0.15, 0.2) is 0 Å².